The summed E-state index contributed by atoms with van der Waals surface area (Å²) in [5, 5.41) is 8.49. The summed E-state index contributed by atoms with van der Waals surface area (Å²) in [7, 11) is 0. The number of nitrogens with zero attached hydrogens (tertiary/aromatic N) is 3. The topological polar surface area (TPSA) is 99.7 Å². The Morgan fingerprint density at radius 3 is 2.61 bits per heavy atom. The van der Waals surface area contributed by atoms with E-state index in [4.69, 9.17) is 4.74 Å². The van der Waals surface area contributed by atoms with Gasteiger partial charge in [-0.3, -0.25) is 14.9 Å². The van der Waals surface area contributed by atoms with Crippen LogP contribution in [0.25, 0.3) is 0 Å². The van der Waals surface area contributed by atoms with Gasteiger partial charge in [-0.05, 0) is 20.8 Å². The molecule has 0 aromatic carbocycles. The van der Waals surface area contributed by atoms with Crippen molar-refractivity contribution in [2.45, 2.75) is 45.5 Å². The van der Waals surface area contributed by atoms with Gasteiger partial charge in [0.2, 0.25) is 0 Å². The van der Waals surface area contributed by atoms with Gasteiger partial charge in [0.1, 0.15) is 18.0 Å². The van der Waals surface area contributed by atoms with Crippen molar-refractivity contribution in [3.63, 3.8) is 0 Å². The van der Waals surface area contributed by atoms with Crippen molar-refractivity contribution < 1.29 is 27.5 Å². The van der Waals surface area contributed by atoms with Crippen molar-refractivity contribution in [1.29, 1.82) is 0 Å². The molecule has 0 atom stereocenters. The zero-order valence-corrected chi connectivity index (χ0v) is 17.2. The molecule has 12 heteroatoms. The quantitative estimate of drug-likeness (QED) is 0.525. The highest BCUT2D eigenvalue weighted by Crippen LogP contribution is 2.22. The minimum atomic E-state index is -4.58. The number of aromatic amines is 1. The second kappa shape index (κ2) is 8.50. The predicted octanol–water partition coefficient (Wildman–Crippen LogP) is 2.79. The molecular weight excluding hydrogens is 447 g/mol. The summed E-state index contributed by atoms with van der Waals surface area (Å²) < 4.78 is 43.2. The van der Waals surface area contributed by atoms with E-state index in [2.05, 4.69) is 36.4 Å². The van der Waals surface area contributed by atoms with E-state index in [9.17, 15) is 22.8 Å². The Kier molecular flexibility index (Phi) is 6.73. The normalized spacial score (nSPS) is 15.2. The maximum atomic E-state index is 12.6. The van der Waals surface area contributed by atoms with Gasteiger partial charge in [-0.1, -0.05) is 15.9 Å². The van der Waals surface area contributed by atoms with Gasteiger partial charge in [-0.15, -0.1) is 0 Å². The van der Waals surface area contributed by atoms with Crippen LogP contribution in [-0.4, -0.2) is 63.1 Å². The number of aliphatic imine (C=N–C) groups is 1. The lowest BCUT2D eigenvalue weighted by molar-refractivity contribution is -0.0591. The SMILES string of the molecule is CC(C)(C)OC(=O)N1CCc2[nH]nc(C(=O)NCN=C(CBr)C(F)(F)F)c2C1. The number of rotatable bonds is 4. The molecular formula is C16H21BrF3N5O3. The summed E-state index contributed by atoms with van der Waals surface area (Å²) in [6, 6.07) is 0. The second-order valence-corrected chi connectivity index (χ2v) is 7.64. The number of hydrogen-bond donors (Lipinski definition) is 2. The van der Waals surface area contributed by atoms with Gasteiger partial charge in [0.05, 0.1) is 11.9 Å². The van der Waals surface area contributed by atoms with Crippen molar-refractivity contribution >= 4 is 33.6 Å². The Morgan fingerprint density at radius 2 is 2.04 bits per heavy atom. The number of nitrogens with one attached hydrogen (secondary N) is 2. The third kappa shape index (κ3) is 5.69. The van der Waals surface area contributed by atoms with E-state index >= 15 is 0 Å². The molecule has 0 unspecified atom stereocenters. The molecule has 0 aliphatic carbocycles. The smallest absolute Gasteiger partial charge is 0.429 e. The van der Waals surface area contributed by atoms with Crippen LogP contribution in [0.5, 0.6) is 0 Å². The van der Waals surface area contributed by atoms with Gasteiger partial charge in [-0.2, -0.15) is 18.3 Å². The Labute approximate surface area is 168 Å². The van der Waals surface area contributed by atoms with E-state index in [-0.39, 0.29) is 12.2 Å². The molecule has 28 heavy (non-hydrogen) atoms. The van der Waals surface area contributed by atoms with Crippen molar-refractivity contribution in [3.8, 4) is 0 Å². The number of carbonyl (C=O) groups excluding carboxylic acids is 2. The first-order chi connectivity index (χ1) is 12.9. The van der Waals surface area contributed by atoms with Crippen LogP contribution in [0, 0.1) is 0 Å². The van der Waals surface area contributed by atoms with Gasteiger partial charge in [0, 0.05) is 24.2 Å². The molecule has 2 heterocycles. The highest BCUT2D eigenvalue weighted by Gasteiger charge is 2.34. The van der Waals surface area contributed by atoms with E-state index in [1.807, 2.05) is 0 Å². The summed E-state index contributed by atoms with van der Waals surface area (Å²) >= 11 is 2.72. The number of carbonyl (C=O) groups is 2. The molecule has 0 saturated carbocycles. The van der Waals surface area contributed by atoms with E-state index in [0.717, 1.165) is 0 Å². The van der Waals surface area contributed by atoms with Crippen LogP contribution in [0.15, 0.2) is 4.99 Å². The molecule has 2 rings (SSSR count). The lowest BCUT2D eigenvalue weighted by Crippen LogP contribution is -2.40. The van der Waals surface area contributed by atoms with Crippen LogP contribution < -0.4 is 5.32 Å². The lowest BCUT2D eigenvalue weighted by Gasteiger charge is -2.30. The number of H-pyrrole nitrogens is 1. The van der Waals surface area contributed by atoms with Gasteiger partial charge in [0.15, 0.2) is 5.69 Å². The van der Waals surface area contributed by atoms with E-state index in [0.29, 0.717) is 24.2 Å². The number of halogens is 4. The van der Waals surface area contributed by atoms with E-state index in [1.54, 1.807) is 20.8 Å². The van der Waals surface area contributed by atoms with Crippen molar-refractivity contribution in [1.82, 2.24) is 20.4 Å². The number of hydrogen-bond acceptors (Lipinski definition) is 5. The third-order valence-electron chi connectivity index (χ3n) is 3.76. The fourth-order valence-electron chi connectivity index (χ4n) is 2.46. The van der Waals surface area contributed by atoms with Crippen molar-refractivity contribution in [3.05, 3.63) is 17.0 Å². The summed E-state index contributed by atoms with van der Waals surface area (Å²) in [6.45, 7) is 5.22. The Morgan fingerprint density at radius 1 is 1.36 bits per heavy atom. The third-order valence-corrected chi connectivity index (χ3v) is 4.29. The van der Waals surface area contributed by atoms with Crippen LogP contribution in [0.2, 0.25) is 0 Å². The number of fused-ring (bicyclic) bond motifs is 1. The van der Waals surface area contributed by atoms with Crippen LogP contribution in [0.3, 0.4) is 0 Å². The van der Waals surface area contributed by atoms with Crippen LogP contribution in [0.1, 0.15) is 42.5 Å². The zero-order valence-electron chi connectivity index (χ0n) is 15.6. The first-order valence-corrected chi connectivity index (χ1v) is 9.53. The van der Waals surface area contributed by atoms with Gasteiger partial charge in [0.25, 0.3) is 5.91 Å². The first kappa shape index (κ1) is 22.2. The first-order valence-electron chi connectivity index (χ1n) is 8.41. The summed E-state index contributed by atoms with van der Waals surface area (Å²) in [4.78, 5) is 29.4. The molecule has 0 bridgehead atoms. The van der Waals surface area contributed by atoms with Crippen molar-refractivity contribution in [2.75, 3.05) is 18.5 Å². The Balaban J connectivity index is 2.06. The average molecular weight is 468 g/mol. The average Bonchev–Trinajstić information content (AvgIpc) is 2.99. The standard InChI is InChI=1S/C16H21BrF3N5O3/c1-15(2,3)28-14(27)25-5-4-10-9(7-25)12(24-23-10)13(26)22-8-21-11(6-17)16(18,19)20/h4-8H2,1-3H3,(H,22,26)(H,23,24). The highest BCUT2D eigenvalue weighted by molar-refractivity contribution is 9.09. The number of amides is 2. The van der Waals surface area contributed by atoms with E-state index < -0.39 is 41.5 Å². The Bertz CT molecular complexity index is 771. The molecule has 1 aliphatic heterocycles. The molecule has 0 radical (unpaired) electrons. The van der Waals surface area contributed by atoms with Crippen LogP contribution in [-0.2, 0) is 17.7 Å². The summed E-state index contributed by atoms with van der Waals surface area (Å²) in [6.07, 6.45) is -4.63. The van der Waals surface area contributed by atoms with Crippen molar-refractivity contribution in [2.24, 2.45) is 4.99 Å². The maximum absolute atomic E-state index is 12.6. The van der Waals surface area contributed by atoms with Gasteiger partial charge in [-0.25, -0.2) is 4.79 Å². The fourth-order valence-corrected chi connectivity index (χ4v) is 2.96. The largest absolute Gasteiger partial charge is 0.444 e. The van der Waals surface area contributed by atoms with Gasteiger partial charge < -0.3 is 15.0 Å². The zero-order chi connectivity index (χ0) is 21.1. The highest BCUT2D eigenvalue weighted by atomic mass is 79.9. The second-order valence-electron chi connectivity index (χ2n) is 7.08. The number of aromatic nitrogens is 2. The fraction of sp³-hybridized carbons (Fsp3) is 0.625. The molecule has 0 fully saturated rings. The molecule has 156 valence electrons. The summed E-state index contributed by atoms with van der Waals surface area (Å²) in [5.74, 6) is -0.677. The molecule has 1 aromatic heterocycles. The van der Waals surface area contributed by atoms with Gasteiger partial charge >= 0.3 is 12.3 Å². The molecule has 2 amide bonds. The maximum Gasteiger partial charge on any atom is 0.429 e. The minimum Gasteiger partial charge on any atom is -0.444 e. The lowest BCUT2D eigenvalue weighted by atomic mass is 10.1. The predicted molar refractivity (Wildman–Crippen MR) is 98.6 cm³/mol. The molecule has 0 saturated heterocycles. The molecule has 8 nitrogen and oxygen atoms in total. The number of ether oxygens (including phenoxy) is 1. The van der Waals surface area contributed by atoms with E-state index in [1.165, 1.54) is 4.90 Å². The molecule has 1 aromatic rings. The van der Waals surface area contributed by atoms with Crippen LogP contribution in [0.4, 0.5) is 18.0 Å². The molecule has 0 spiro atoms. The Hall–Kier alpha value is -2.11. The van der Waals surface area contributed by atoms with Crippen LogP contribution >= 0.6 is 15.9 Å². The molecule has 1 aliphatic rings. The molecule has 2 N–H and O–H groups in total. The number of alkyl halides is 4. The minimum absolute atomic E-state index is 0.0193. The summed E-state index contributed by atoms with van der Waals surface area (Å²) in [5.41, 5.74) is -0.462. The monoisotopic (exact) mass is 467 g/mol.